The van der Waals surface area contributed by atoms with Crippen molar-refractivity contribution in [3.63, 3.8) is 0 Å². The van der Waals surface area contributed by atoms with Gasteiger partial charge in [0.2, 0.25) is 0 Å². The molecule has 1 aliphatic rings. The summed E-state index contributed by atoms with van der Waals surface area (Å²) in [5.74, 6) is -0.883. The van der Waals surface area contributed by atoms with E-state index in [0.29, 0.717) is 5.57 Å². The molecule has 24 heavy (non-hydrogen) atoms. The molecule has 0 bridgehead atoms. The van der Waals surface area contributed by atoms with E-state index < -0.39 is 5.97 Å². The van der Waals surface area contributed by atoms with Crippen LogP contribution in [0, 0.1) is 0 Å². The van der Waals surface area contributed by atoms with E-state index in [2.05, 4.69) is 36.2 Å². The maximum absolute atomic E-state index is 10.9. The molecule has 0 unspecified atom stereocenters. The molecule has 0 aromatic heterocycles. The lowest BCUT2D eigenvalue weighted by molar-refractivity contribution is -0.132. The minimum absolute atomic E-state index is 0.341. The number of aliphatic carboxylic acids is 1. The van der Waals surface area contributed by atoms with Crippen LogP contribution in [0.4, 0.5) is 0 Å². The van der Waals surface area contributed by atoms with Gasteiger partial charge in [-0.2, -0.15) is 0 Å². The second-order valence-corrected chi connectivity index (χ2v) is 6.60. The molecule has 0 saturated heterocycles. The fourth-order valence-electron chi connectivity index (χ4n) is 2.87. The van der Waals surface area contributed by atoms with Crippen LogP contribution in [0.15, 0.2) is 54.1 Å². The third-order valence-corrected chi connectivity index (χ3v) is 4.49. The summed E-state index contributed by atoms with van der Waals surface area (Å²) >= 11 is 0. The molecule has 0 radical (unpaired) electrons. The molecule has 1 fully saturated rings. The molecule has 1 N–H and O–H groups in total. The normalized spacial score (nSPS) is 14.9. The zero-order valence-electron chi connectivity index (χ0n) is 14.2. The van der Waals surface area contributed by atoms with E-state index in [1.807, 2.05) is 24.3 Å². The van der Waals surface area contributed by atoms with Crippen LogP contribution >= 0.6 is 0 Å². The summed E-state index contributed by atoms with van der Waals surface area (Å²) in [6.45, 7) is 2.59. The molecule has 0 aliphatic heterocycles. The largest absolute Gasteiger partial charge is 0.478 e. The van der Waals surface area contributed by atoms with Crippen molar-refractivity contribution in [2.75, 3.05) is 7.05 Å². The molecule has 2 aromatic carbocycles. The summed E-state index contributed by atoms with van der Waals surface area (Å²) in [6.07, 6.45) is 4.33. The number of rotatable bonds is 6. The molecule has 3 heteroatoms. The number of nitrogens with zero attached hydrogens (tertiary/aromatic N) is 1. The van der Waals surface area contributed by atoms with Crippen LogP contribution in [0.25, 0.3) is 17.2 Å². The van der Waals surface area contributed by atoms with Gasteiger partial charge in [-0.1, -0.05) is 42.5 Å². The van der Waals surface area contributed by atoms with E-state index in [-0.39, 0.29) is 0 Å². The van der Waals surface area contributed by atoms with Gasteiger partial charge < -0.3 is 5.11 Å². The number of carbonyl (C=O) groups is 1. The van der Waals surface area contributed by atoms with Crippen LogP contribution in [-0.4, -0.2) is 29.1 Å². The zero-order valence-corrected chi connectivity index (χ0v) is 14.2. The average Bonchev–Trinajstić information content (AvgIpc) is 3.40. The van der Waals surface area contributed by atoms with Crippen molar-refractivity contribution in [2.24, 2.45) is 0 Å². The van der Waals surface area contributed by atoms with Crippen LogP contribution in [0.2, 0.25) is 0 Å². The lowest BCUT2D eigenvalue weighted by atomic mass is 10.0. The molecule has 0 atom stereocenters. The van der Waals surface area contributed by atoms with E-state index in [1.165, 1.54) is 24.0 Å². The van der Waals surface area contributed by atoms with Gasteiger partial charge >= 0.3 is 5.97 Å². The van der Waals surface area contributed by atoms with Crippen molar-refractivity contribution in [3.05, 3.63) is 65.2 Å². The van der Waals surface area contributed by atoms with Gasteiger partial charge in [-0.15, -0.1) is 0 Å². The molecule has 3 nitrogen and oxygen atoms in total. The van der Waals surface area contributed by atoms with Gasteiger partial charge in [-0.25, -0.2) is 4.79 Å². The Labute approximate surface area is 143 Å². The van der Waals surface area contributed by atoms with Crippen LogP contribution < -0.4 is 0 Å². The van der Waals surface area contributed by atoms with E-state index in [1.54, 1.807) is 13.0 Å². The number of hydrogen-bond donors (Lipinski definition) is 1. The van der Waals surface area contributed by atoms with E-state index in [4.69, 9.17) is 5.11 Å². The van der Waals surface area contributed by atoms with Crippen molar-refractivity contribution < 1.29 is 9.90 Å². The first-order valence-electron chi connectivity index (χ1n) is 8.34. The Balaban J connectivity index is 1.76. The average molecular weight is 321 g/mol. The Bertz CT molecular complexity index is 758. The first-order chi connectivity index (χ1) is 11.5. The highest BCUT2D eigenvalue weighted by molar-refractivity contribution is 5.91. The minimum atomic E-state index is -0.883. The molecule has 0 heterocycles. The van der Waals surface area contributed by atoms with Gasteiger partial charge in [0.1, 0.15) is 0 Å². The summed E-state index contributed by atoms with van der Waals surface area (Å²) in [5.41, 5.74) is 4.92. The number of carboxylic acid groups (broad SMARTS) is 1. The third-order valence-electron chi connectivity index (χ3n) is 4.49. The molecule has 1 saturated carbocycles. The third kappa shape index (κ3) is 4.12. The fourth-order valence-corrected chi connectivity index (χ4v) is 2.87. The van der Waals surface area contributed by atoms with Crippen LogP contribution in [-0.2, 0) is 11.3 Å². The Hall–Kier alpha value is -2.39. The summed E-state index contributed by atoms with van der Waals surface area (Å²) in [6, 6.07) is 17.4. The summed E-state index contributed by atoms with van der Waals surface area (Å²) < 4.78 is 0. The zero-order chi connectivity index (χ0) is 17.1. The highest BCUT2D eigenvalue weighted by Gasteiger charge is 2.25. The molecular formula is C21H23NO2. The van der Waals surface area contributed by atoms with Gasteiger partial charge in [0.15, 0.2) is 0 Å². The Morgan fingerprint density at radius 3 is 2.50 bits per heavy atom. The Morgan fingerprint density at radius 2 is 1.88 bits per heavy atom. The predicted molar refractivity (Wildman–Crippen MR) is 97.7 cm³/mol. The van der Waals surface area contributed by atoms with Gasteiger partial charge in [-0.05, 0) is 61.2 Å². The van der Waals surface area contributed by atoms with Gasteiger partial charge in [0, 0.05) is 18.2 Å². The smallest absolute Gasteiger partial charge is 0.331 e. The molecule has 1 aliphatic carbocycles. The molecule has 124 valence electrons. The van der Waals surface area contributed by atoms with E-state index in [9.17, 15) is 4.79 Å². The number of benzene rings is 2. The van der Waals surface area contributed by atoms with Crippen LogP contribution in [0.3, 0.4) is 0 Å². The first kappa shape index (κ1) is 16.5. The Morgan fingerprint density at radius 1 is 1.17 bits per heavy atom. The standard InChI is InChI=1S/C21H23NO2/c1-15(21(23)24)12-16-6-8-18(9-7-16)19-5-3-4-17(13-19)14-22(2)20-10-11-20/h3-9,12-13,20H,10-11,14H2,1-2H3,(H,23,24)/b15-12+. The van der Waals surface area contributed by atoms with Crippen molar-refractivity contribution in [1.29, 1.82) is 0 Å². The highest BCUT2D eigenvalue weighted by Crippen LogP contribution is 2.28. The minimum Gasteiger partial charge on any atom is -0.478 e. The SMILES string of the molecule is C/C(=C\c1ccc(-c2cccc(CN(C)C3CC3)c2)cc1)C(=O)O. The highest BCUT2D eigenvalue weighted by atomic mass is 16.4. The maximum Gasteiger partial charge on any atom is 0.331 e. The summed E-state index contributed by atoms with van der Waals surface area (Å²) in [7, 11) is 2.19. The molecule has 3 rings (SSSR count). The summed E-state index contributed by atoms with van der Waals surface area (Å²) in [4.78, 5) is 13.3. The topological polar surface area (TPSA) is 40.5 Å². The lowest BCUT2D eigenvalue weighted by Gasteiger charge is -2.16. The quantitative estimate of drug-likeness (QED) is 0.800. The lowest BCUT2D eigenvalue weighted by Crippen LogP contribution is -2.19. The molecule has 0 amide bonds. The van der Waals surface area contributed by atoms with Gasteiger partial charge in [0.25, 0.3) is 0 Å². The van der Waals surface area contributed by atoms with Crippen molar-refractivity contribution >= 4 is 12.0 Å². The molecular weight excluding hydrogens is 298 g/mol. The van der Waals surface area contributed by atoms with Crippen molar-refractivity contribution in [3.8, 4) is 11.1 Å². The Kier molecular flexibility index (Phi) is 4.81. The van der Waals surface area contributed by atoms with Crippen LogP contribution in [0.5, 0.6) is 0 Å². The van der Waals surface area contributed by atoms with Crippen molar-refractivity contribution in [2.45, 2.75) is 32.4 Å². The molecule has 0 spiro atoms. The monoisotopic (exact) mass is 321 g/mol. The second-order valence-electron chi connectivity index (χ2n) is 6.60. The van der Waals surface area contributed by atoms with Gasteiger partial charge in [0.05, 0.1) is 0 Å². The van der Waals surface area contributed by atoms with Crippen molar-refractivity contribution in [1.82, 2.24) is 4.90 Å². The maximum atomic E-state index is 10.9. The van der Waals surface area contributed by atoms with E-state index >= 15 is 0 Å². The number of carboxylic acids is 1. The fraction of sp³-hybridized carbons (Fsp3) is 0.286. The molecule has 2 aromatic rings. The number of hydrogen-bond acceptors (Lipinski definition) is 2. The van der Waals surface area contributed by atoms with Crippen LogP contribution in [0.1, 0.15) is 30.9 Å². The second kappa shape index (κ2) is 7.02. The predicted octanol–water partition coefficient (Wildman–Crippen LogP) is 4.44. The van der Waals surface area contributed by atoms with Gasteiger partial charge in [-0.3, -0.25) is 4.90 Å². The summed E-state index contributed by atoms with van der Waals surface area (Å²) in [5, 5.41) is 8.95. The van der Waals surface area contributed by atoms with E-state index in [0.717, 1.165) is 23.7 Å². The first-order valence-corrected chi connectivity index (χ1v) is 8.34.